The number of rotatable bonds is 10. The summed E-state index contributed by atoms with van der Waals surface area (Å²) in [6.45, 7) is 8.70. The number of likely N-dealkylation sites (tertiary alicyclic amines) is 2. The zero-order valence-electron chi connectivity index (χ0n) is 35.2. The lowest BCUT2D eigenvalue weighted by Gasteiger charge is -2.30. The number of benzene rings is 3. The SMILES string of the molecule is COC(=O)N[C@H](C(=O)N1CCC[C@H]1C1=Nc2ccc(-c3ccc4c(=O)c5cc(-c6cnc([C@@H]7CCCN7C(=O)[C@@H](NC(=O)OC)C(C)C)[nH]6)ccc5oc4c3)cc2C1)C(C)C. The third kappa shape index (κ3) is 7.96. The molecule has 15 nitrogen and oxygen atoms in total. The van der Waals surface area contributed by atoms with Crippen LogP contribution in [0.15, 0.2) is 75.0 Å². The van der Waals surface area contributed by atoms with Crippen LogP contribution in [0.1, 0.15) is 70.8 Å². The van der Waals surface area contributed by atoms with Gasteiger partial charge in [0.15, 0.2) is 0 Å². The Morgan fingerprint density at radius 3 is 2.02 bits per heavy atom. The topological polar surface area (TPSA) is 189 Å². The molecule has 2 fully saturated rings. The summed E-state index contributed by atoms with van der Waals surface area (Å²) in [6.07, 6.45) is 4.20. The Morgan fingerprint density at radius 2 is 1.36 bits per heavy atom. The summed E-state index contributed by atoms with van der Waals surface area (Å²) in [7, 11) is 2.56. The van der Waals surface area contributed by atoms with Crippen molar-refractivity contribution in [2.45, 2.75) is 84.0 Å². The van der Waals surface area contributed by atoms with Gasteiger partial charge in [0.25, 0.3) is 0 Å². The molecule has 3 N–H and O–H groups in total. The third-order valence-corrected chi connectivity index (χ3v) is 12.2. The Balaban J connectivity index is 0.993. The third-order valence-electron chi connectivity index (χ3n) is 12.2. The molecule has 0 radical (unpaired) electrons. The van der Waals surface area contributed by atoms with Crippen LogP contribution < -0.4 is 16.1 Å². The first-order valence-electron chi connectivity index (χ1n) is 20.9. The number of alkyl carbamates (subject to hydrolysis) is 2. The quantitative estimate of drug-likeness (QED) is 0.124. The van der Waals surface area contributed by atoms with Gasteiger partial charge in [-0.1, -0.05) is 39.8 Å². The van der Waals surface area contributed by atoms with Gasteiger partial charge in [-0.25, -0.2) is 14.6 Å². The van der Waals surface area contributed by atoms with Crippen LogP contribution >= 0.6 is 0 Å². The molecule has 0 saturated carbocycles. The Kier molecular flexibility index (Phi) is 11.4. The number of ether oxygens (including phenoxy) is 2. The average Bonchev–Trinajstić information content (AvgIpc) is 4.10. The van der Waals surface area contributed by atoms with Gasteiger partial charge < -0.3 is 39.3 Å². The number of H-pyrrole nitrogens is 1. The van der Waals surface area contributed by atoms with Crippen molar-refractivity contribution in [3.63, 3.8) is 0 Å². The number of hydrogen-bond acceptors (Lipinski definition) is 10. The van der Waals surface area contributed by atoms with Crippen LogP contribution in [0.25, 0.3) is 44.3 Å². The number of nitrogens with one attached hydrogen (secondary N) is 3. The molecule has 4 atom stereocenters. The molecule has 3 aromatic carbocycles. The van der Waals surface area contributed by atoms with Crippen LogP contribution in [-0.2, 0) is 25.5 Å². The molecule has 2 saturated heterocycles. The van der Waals surface area contributed by atoms with Crippen molar-refractivity contribution < 1.29 is 33.1 Å². The first-order valence-corrected chi connectivity index (χ1v) is 20.9. The number of imidazole rings is 1. The predicted molar refractivity (Wildman–Crippen MR) is 231 cm³/mol. The molecule has 61 heavy (non-hydrogen) atoms. The highest BCUT2D eigenvalue weighted by Gasteiger charge is 2.40. The number of nitrogens with zero attached hydrogens (tertiary/aromatic N) is 4. The molecule has 15 heteroatoms. The maximum atomic E-state index is 14.0. The highest BCUT2D eigenvalue weighted by molar-refractivity contribution is 6.01. The van der Waals surface area contributed by atoms with Gasteiger partial charge in [-0.2, -0.15) is 0 Å². The molecule has 318 valence electrons. The molecule has 0 bridgehead atoms. The molecule has 4 amide bonds. The molecule has 3 aliphatic heterocycles. The van der Waals surface area contributed by atoms with Crippen molar-refractivity contribution in [1.82, 2.24) is 30.4 Å². The molecule has 0 unspecified atom stereocenters. The summed E-state index contributed by atoms with van der Waals surface area (Å²) < 4.78 is 15.9. The monoisotopic (exact) mass is 829 g/mol. The zero-order valence-corrected chi connectivity index (χ0v) is 35.2. The first-order chi connectivity index (χ1) is 29.3. The normalized spacial score (nSPS) is 18.4. The molecule has 3 aliphatic rings. The second-order valence-electron chi connectivity index (χ2n) is 16.8. The van der Waals surface area contributed by atoms with Crippen LogP contribution in [0.5, 0.6) is 0 Å². The van der Waals surface area contributed by atoms with Crippen LogP contribution in [0, 0.1) is 11.8 Å². The van der Waals surface area contributed by atoms with Crippen molar-refractivity contribution in [3.8, 4) is 22.4 Å². The number of aromatic amines is 1. The number of aliphatic imine (C=N–C) groups is 1. The lowest BCUT2D eigenvalue weighted by atomic mass is 9.97. The fourth-order valence-corrected chi connectivity index (χ4v) is 8.90. The van der Waals surface area contributed by atoms with E-state index < -0.39 is 24.3 Å². The molecule has 8 rings (SSSR count). The van der Waals surface area contributed by atoms with Gasteiger partial charge in [-0.3, -0.25) is 19.4 Å². The Bertz CT molecular complexity index is 2630. The summed E-state index contributed by atoms with van der Waals surface area (Å²) in [6, 6.07) is 15.3. The summed E-state index contributed by atoms with van der Waals surface area (Å²) in [5, 5.41) is 6.28. The number of methoxy groups -OCH3 is 2. The van der Waals surface area contributed by atoms with E-state index in [4.69, 9.17) is 18.9 Å². The van der Waals surface area contributed by atoms with Crippen molar-refractivity contribution in [1.29, 1.82) is 0 Å². The minimum Gasteiger partial charge on any atom is -0.456 e. The van der Waals surface area contributed by atoms with E-state index >= 15 is 0 Å². The van der Waals surface area contributed by atoms with Gasteiger partial charge in [0.2, 0.25) is 17.2 Å². The lowest BCUT2D eigenvalue weighted by molar-refractivity contribution is -0.135. The average molecular weight is 830 g/mol. The smallest absolute Gasteiger partial charge is 0.407 e. The van der Waals surface area contributed by atoms with Crippen molar-refractivity contribution in [2.75, 3.05) is 27.3 Å². The number of amides is 4. The molecule has 5 aromatic rings. The number of carbonyl (C=O) groups excluding carboxylic acids is 4. The summed E-state index contributed by atoms with van der Waals surface area (Å²) in [5.41, 5.74) is 6.91. The maximum Gasteiger partial charge on any atom is 0.407 e. The van der Waals surface area contributed by atoms with Crippen LogP contribution in [0.2, 0.25) is 0 Å². The highest BCUT2D eigenvalue weighted by Crippen LogP contribution is 2.37. The summed E-state index contributed by atoms with van der Waals surface area (Å²) >= 11 is 0. The number of aromatic nitrogens is 2. The number of fused-ring (bicyclic) bond motifs is 3. The standard InChI is InChI=1S/C46H51N7O8/c1-24(2)39(50-45(57)59-5)43(55)52-17-7-9-35(52)33-21-29-19-26(12-15-32(29)48-33)27-11-14-30-38(22-27)61-37-16-13-28(20-31(37)41(30)54)34-23-47-42(49-34)36-10-8-18-53(36)44(56)40(25(3)4)51-46(58)60-6/h11-16,19-20,22-25,35-36,39-40H,7-10,17-18,21H2,1-6H3,(H,47,49)(H,50,57)(H,51,58)/t35-,36-,39-,40-/m0/s1. The van der Waals surface area contributed by atoms with Gasteiger partial charge >= 0.3 is 12.2 Å². The highest BCUT2D eigenvalue weighted by atomic mass is 16.5. The Morgan fingerprint density at radius 1 is 0.754 bits per heavy atom. The van der Waals surface area contributed by atoms with Crippen LogP contribution in [0.4, 0.5) is 15.3 Å². The van der Waals surface area contributed by atoms with Gasteiger partial charge in [0, 0.05) is 30.8 Å². The fraction of sp³-hybridized carbons (Fsp3) is 0.413. The predicted octanol–water partition coefficient (Wildman–Crippen LogP) is 7.05. The van der Waals surface area contributed by atoms with E-state index in [-0.39, 0.29) is 41.2 Å². The molecule has 0 spiro atoms. The molecular weight excluding hydrogens is 779 g/mol. The molecule has 2 aromatic heterocycles. The number of carbonyl (C=O) groups is 4. The molecular formula is C46H51N7O8. The minimum atomic E-state index is -0.735. The van der Waals surface area contributed by atoms with E-state index in [2.05, 4.69) is 26.7 Å². The maximum absolute atomic E-state index is 14.0. The van der Waals surface area contributed by atoms with E-state index in [1.807, 2.05) is 62.9 Å². The second kappa shape index (κ2) is 16.9. The van der Waals surface area contributed by atoms with Gasteiger partial charge in [0.05, 0.1) is 54.7 Å². The minimum absolute atomic E-state index is 0.117. The van der Waals surface area contributed by atoms with E-state index in [1.165, 1.54) is 14.2 Å². The van der Waals surface area contributed by atoms with E-state index in [9.17, 15) is 24.0 Å². The summed E-state index contributed by atoms with van der Waals surface area (Å²) in [5.74, 6) is 0.0526. The Labute approximate surface area is 352 Å². The zero-order chi connectivity index (χ0) is 43.1. The van der Waals surface area contributed by atoms with E-state index in [0.29, 0.717) is 53.0 Å². The van der Waals surface area contributed by atoms with Crippen LogP contribution in [0.3, 0.4) is 0 Å². The van der Waals surface area contributed by atoms with E-state index in [1.54, 1.807) is 29.3 Å². The largest absolute Gasteiger partial charge is 0.456 e. The molecule has 5 heterocycles. The summed E-state index contributed by atoms with van der Waals surface area (Å²) in [4.78, 5) is 81.9. The van der Waals surface area contributed by atoms with Gasteiger partial charge in [0.1, 0.15) is 29.1 Å². The van der Waals surface area contributed by atoms with Gasteiger partial charge in [-0.05, 0) is 96.7 Å². The van der Waals surface area contributed by atoms with Crippen LogP contribution in [-0.4, -0.2) is 94.9 Å². The Hall–Kier alpha value is -6.51. The van der Waals surface area contributed by atoms with E-state index in [0.717, 1.165) is 59.3 Å². The van der Waals surface area contributed by atoms with Crippen molar-refractivity contribution in [3.05, 3.63) is 82.4 Å². The fourth-order valence-electron chi connectivity index (χ4n) is 8.90. The first kappa shape index (κ1) is 41.2. The van der Waals surface area contributed by atoms with Gasteiger partial charge in [-0.15, -0.1) is 0 Å². The van der Waals surface area contributed by atoms with Crippen molar-refractivity contribution >= 4 is 57.3 Å². The van der Waals surface area contributed by atoms with Crippen molar-refractivity contribution in [2.24, 2.45) is 16.8 Å². The second-order valence-corrected chi connectivity index (χ2v) is 16.8. The number of hydrogen-bond donors (Lipinski definition) is 3. The molecule has 0 aliphatic carbocycles. The lowest BCUT2D eigenvalue weighted by Crippen LogP contribution is -2.53.